The van der Waals surface area contributed by atoms with E-state index in [4.69, 9.17) is 4.74 Å². The van der Waals surface area contributed by atoms with Crippen molar-refractivity contribution in [3.8, 4) is 0 Å². The summed E-state index contributed by atoms with van der Waals surface area (Å²) >= 11 is 0. The van der Waals surface area contributed by atoms with Crippen molar-refractivity contribution in [1.29, 1.82) is 0 Å². The van der Waals surface area contributed by atoms with Gasteiger partial charge in [-0.2, -0.15) is 0 Å². The first kappa shape index (κ1) is 14.9. The molecule has 0 bridgehead atoms. The highest BCUT2D eigenvalue weighted by Gasteiger charge is 2.16. The zero-order valence-corrected chi connectivity index (χ0v) is 11.8. The standard InChI is InChI=1S/C12H20N2O3S/c1-4-14-18(15,16)12-8-6-5-7-11(12)13-9-10(2)17-3/h5-8,10,13-14H,4,9H2,1-3H3. The molecular weight excluding hydrogens is 252 g/mol. The molecular formula is C12H20N2O3S. The quantitative estimate of drug-likeness (QED) is 0.788. The summed E-state index contributed by atoms with van der Waals surface area (Å²) in [5.41, 5.74) is 0.586. The second-order valence-electron chi connectivity index (χ2n) is 3.92. The molecule has 18 heavy (non-hydrogen) atoms. The van der Waals surface area contributed by atoms with Gasteiger partial charge >= 0.3 is 0 Å². The van der Waals surface area contributed by atoms with Gasteiger partial charge in [0.15, 0.2) is 0 Å². The van der Waals surface area contributed by atoms with Gasteiger partial charge in [0.1, 0.15) is 4.90 Å². The van der Waals surface area contributed by atoms with Crippen LogP contribution in [0.3, 0.4) is 0 Å². The number of methoxy groups -OCH3 is 1. The van der Waals surface area contributed by atoms with E-state index in [2.05, 4.69) is 10.0 Å². The third-order valence-electron chi connectivity index (χ3n) is 2.49. The Bertz CT molecular complexity index is 474. The largest absolute Gasteiger partial charge is 0.381 e. The van der Waals surface area contributed by atoms with Crippen LogP contribution < -0.4 is 10.0 Å². The van der Waals surface area contributed by atoms with E-state index in [1.54, 1.807) is 38.3 Å². The first-order chi connectivity index (χ1) is 8.51. The molecule has 1 atom stereocenters. The van der Waals surface area contributed by atoms with Gasteiger partial charge in [-0.15, -0.1) is 0 Å². The van der Waals surface area contributed by atoms with Crippen LogP contribution >= 0.6 is 0 Å². The second kappa shape index (κ2) is 6.72. The van der Waals surface area contributed by atoms with Crippen LogP contribution in [0.4, 0.5) is 5.69 Å². The maximum atomic E-state index is 12.0. The molecule has 1 aromatic rings. The van der Waals surface area contributed by atoms with Gasteiger partial charge < -0.3 is 10.1 Å². The predicted molar refractivity (Wildman–Crippen MR) is 72.3 cm³/mol. The molecule has 1 aromatic carbocycles. The fourth-order valence-corrected chi connectivity index (χ4v) is 2.67. The fraction of sp³-hybridized carbons (Fsp3) is 0.500. The molecule has 0 radical (unpaired) electrons. The Morgan fingerprint density at radius 2 is 2.00 bits per heavy atom. The molecule has 0 fully saturated rings. The normalized spacial score (nSPS) is 13.3. The van der Waals surface area contributed by atoms with Gasteiger partial charge in [0.25, 0.3) is 0 Å². The Kier molecular flexibility index (Phi) is 5.58. The average molecular weight is 272 g/mol. The Balaban J connectivity index is 2.93. The summed E-state index contributed by atoms with van der Waals surface area (Å²) in [6, 6.07) is 6.82. The molecule has 0 aromatic heterocycles. The molecule has 1 rings (SSSR count). The van der Waals surface area contributed by atoms with E-state index in [0.717, 1.165) is 0 Å². The Morgan fingerprint density at radius 1 is 1.33 bits per heavy atom. The zero-order chi connectivity index (χ0) is 13.6. The number of hydrogen-bond acceptors (Lipinski definition) is 4. The van der Waals surface area contributed by atoms with E-state index < -0.39 is 10.0 Å². The number of nitrogens with one attached hydrogen (secondary N) is 2. The lowest BCUT2D eigenvalue weighted by Gasteiger charge is -2.15. The molecule has 0 saturated carbocycles. The molecule has 2 N–H and O–H groups in total. The molecule has 1 unspecified atom stereocenters. The van der Waals surface area contributed by atoms with E-state index in [-0.39, 0.29) is 11.0 Å². The van der Waals surface area contributed by atoms with E-state index in [9.17, 15) is 8.42 Å². The van der Waals surface area contributed by atoms with Crippen LogP contribution in [0.1, 0.15) is 13.8 Å². The van der Waals surface area contributed by atoms with Gasteiger partial charge in [-0.25, -0.2) is 13.1 Å². The van der Waals surface area contributed by atoms with Crippen molar-refractivity contribution < 1.29 is 13.2 Å². The van der Waals surface area contributed by atoms with Crippen LogP contribution in [-0.2, 0) is 14.8 Å². The van der Waals surface area contributed by atoms with Crippen molar-refractivity contribution in [1.82, 2.24) is 4.72 Å². The van der Waals surface area contributed by atoms with Crippen molar-refractivity contribution >= 4 is 15.7 Å². The Labute approximate surface area is 109 Å². The maximum Gasteiger partial charge on any atom is 0.242 e. The Hall–Kier alpha value is -1.11. The number of rotatable bonds is 7. The molecule has 0 aliphatic rings. The summed E-state index contributed by atoms with van der Waals surface area (Å²) in [6.07, 6.45) is 0.0138. The minimum atomic E-state index is -3.45. The average Bonchev–Trinajstić information content (AvgIpc) is 2.36. The lowest BCUT2D eigenvalue weighted by Crippen LogP contribution is -2.25. The minimum Gasteiger partial charge on any atom is -0.381 e. The first-order valence-electron chi connectivity index (χ1n) is 5.86. The first-order valence-corrected chi connectivity index (χ1v) is 7.35. The summed E-state index contributed by atoms with van der Waals surface area (Å²) in [6.45, 7) is 4.58. The summed E-state index contributed by atoms with van der Waals surface area (Å²) < 4.78 is 31.6. The van der Waals surface area contributed by atoms with Crippen LogP contribution in [0.2, 0.25) is 0 Å². The van der Waals surface area contributed by atoms with Gasteiger partial charge in [-0.1, -0.05) is 19.1 Å². The van der Waals surface area contributed by atoms with Crippen LogP contribution in [0.5, 0.6) is 0 Å². The van der Waals surface area contributed by atoms with Crippen molar-refractivity contribution in [2.45, 2.75) is 24.8 Å². The van der Waals surface area contributed by atoms with Crippen LogP contribution in [0.25, 0.3) is 0 Å². The SMILES string of the molecule is CCNS(=O)(=O)c1ccccc1NCC(C)OC. The lowest BCUT2D eigenvalue weighted by atomic mass is 10.3. The fourth-order valence-electron chi connectivity index (χ4n) is 1.45. The molecule has 0 aliphatic carbocycles. The van der Waals surface area contributed by atoms with E-state index >= 15 is 0 Å². The molecule has 0 aliphatic heterocycles. The highest BCUT2D eigenvalue weighted by Crippen LogP contribution is 2.20. The molecule has 5 nitrogen and oxygen atoms in total. The molecule has 0 amide bonds. The predicted octanol–water partition coefficient (Wildman–Crippen LogP) is 1.43. The Morgan fingerprint density at radius 3 is 2.61 bits per heavy atom. The minimum absolute atomic E-state index is 0.0138. The summed E-state index contributed by atoms with van der Waals surface area (Å²) in [5, 5.41) is 3.08. The number of hydrogen-bond donors (Lipinski definition) is 2. The molecule has 0 spiro atoms. The molecule has 102 valence electrons. The van der Waals surface area contributed by atoms with Crippen LogP contribution in [0.15, 0.2) is 29.2 Å². The van der Waals surface area contributed by atoms with Gasteiger partial charge in [-0.05, 0) is 19.1 Å². The highest BCUT2D eigenvalue weighted by molar-refractivity contribution is 7.89. The van der Waals surface area contributed by atoms with Crippen molar-refractivity contribution in [3.63, 3.8) is 0 Å². The van der Waals surface area contributed by atoms with Crippen LogP contribution in [-0.4, -0.2) is 34.7 Å². The maximum absolute atomic E-state index is 12.0. The smallest absolute Gasteiger partial charge is 0.242 e. The summed E-state index contributed by atoms with van der Waals surface area (Å²) in [4.78, 5) is 0.259. The van der Waals surface area contributed by atoms with Gasteiger partial charge in [0, 0.05) is 20.2 Å². The topological polar surface area (TPSA) is 67.4 Å². The number of anilines is 1. The molecule has 6 heteroatoms. The lowest BCUT2D eigenvalue weighted by molar-refractivity contribution is 0.128. The zero-order valence-electron chi connectivity index (χ0n) is 10.9. The molecule has 0 heterocycles. The van der Waals surface area contributed by atoms with E-state index in [1.165, 1.54) is 0 Å². The monoisotopic (exact) mass is 272 g/mol. The van der Waals surface area contributed by atoms with E-state index in [1.807, 2.05) is 6.92 Å². The van der Waals surface area contributed by atoms with Gasteiger partial charge in [0.05, 0.1) is 11.8 Å². The number of sulfonamides is 1. The third-order valence-corrected chi connectivity index (χ3v) is 4.10. The van der Waals surface area contributed by atoms with Crippen molar-refractivity contribution in [2.24, 2.45) is 0 Å². The summed E-state index contributed by atoms with van der Waals surface area (Å²) in [7, 11) is -1.83. The van der Waals surface area contributed by atoms with Gasteiger partial charge in [0.2, 0.25) is 10.0 Å². The molecule has 0 saturated heterocycles. The van der Waals surface area contributed by atoms with Crippen LogP contribution in [0, 0.1) is 0 Å². The number of ether oxygens (including phenoxy) is 1. The van der Waals surface area contributed by atoms with E-state index in [0.29, 0.717) is 18.8 Å². The van der Waals surface area contributed by atoms with Gasteiger partial charge in [-0.3, -0.25) is 0 Å². The number of benzene rings is 1. The van der Waals surface area contributed by atoms with Crippen molar-refractivity contribution in [2.75, 3.05) is 25.5 Å². The van der Waals surface area contributed by atoms with Crippen molar-refractivity contribution in [3.05, 3.63) is 24.3 Å². The second-order valence-corrected chi connectivity index (χ2v) is 5.66. The summed E-state index contributed by atoms with van der Waals surface area (Å²) in [5.74, 6) is 0. The third kappa shape index (κ3) is 3.97. The number of para-hydroxylation sites is 1. The highest BCUT2D eigenvalue weighted by atomic mass is 32.2.